The Balaban J connectivity index is 1.68. The number of allylic oxidation sites excluding steroid dienone is 3. The quantitative estimate of drug-likeness (QED) is 0.191. The highest BCUT2D eigenvalue weighted by atomic mass is 19.4. The molecule has 0 N–H and O–H groups in total. The molecule has 0 bridgehead atoms. The van der Waals surface area contributed by atoms with Crippen molar-refractivity contribution < 1.29 is 30.8 Å². The Labute approximate surface area is 208 Å². The van der Waals surface area contributed by atoms with Gasteiger partial charge in [-0.2, -0.15) is 26.3 Å². The average Bonchev–Trinajstić information content (AvgIpc) is 3.37. The van der Waals surface area contributed by atoms with Crippen LogP contribution in [0.5, 0.6) is 0 Å². The molecule has 0 saturated heterocycles. The van der Waals surface area contributed by atoms with E-state index < -0.39 is 28.9 Å². The summed E-state index contributed by atoms with van der Waals surface area (Å²) in [6.07, 6.45) is -10.0. The Morgan fingerprint density at radius 3 is 1.54 bits per heavy atom. The van der Waals surface area contributed by atoms with Crippen LogP contribution in [0, 0.1) is 0 Å². The first kappa shape index (κ1) is 25.9. The standard InChI is InChI=1S/C28H20F6N2O/c1-3-22(4-2)26(27(29,30)31,28(32,33)34)23-16-14-21(15-17-23)25-36-35-24(37-25)20-12-10-19(11-13-20)18-8-6-5-7-9-18/h3-17H,1H2,2H3/b22-4+. The van der Waals surface area contributed by atoms with Crippen molar-refractivity contribution in [1.29, 1.82) is 0 Å². The number of aromatic nitrogens is 2. The summed E-state index contributed by atoms with van der Waals surface area (Å²) in [6.45, 7) is 4.27. The lowest BCUT2D eigenvalue weighted by Gasteiger charge is -2.39. The molecule has 190 valence electrons. The number of rotatable bonds is 6. The highest BCUT2D eigenvalue weighted by Gasteiger charge is 2.72. The molecule has 1 aromatic heterocycles. The van der Waals surface area contributed by atoms with Gasteiger partial charge >= 0.3 is 12.4 Å². The van der Waals surface area contributed by atoms with Crippen molar-refractivity contribution in [2.45, 2.75) is 24.7 Å². The first-order chi connectivity index (χ1) is 17.5. The molecule has 4 aromatic rings. The van der Waals surface area contributed by atoms with E-state index in [0.29, 0.717) is 11.6 Å². The molecule has 37 heavy (non-hydrogen) atoms. The lowest BCUT2D eigenvalue weighted by Crippen LogP contribution is -2.55. The van der Waals surface area contributed by atoms with Crippen molar-refractivity contribution in [2.24, 2.45) is 0 Å². The number of nitrogens with zero attached hydrogens (tertiary/aromatic N) is 2. The fourth-order valence-electron chi connectivity index (χ4n) is 4.22. The van der Waals surface area contributed by atoms with Gasteiger partial charge in [0.05, 0.1) is 0 Å². The third-order valence-electron chi connectivity index (χ3n) is 6.04. The Hall–Kier alpha value is -4.14. The summed E-state index contributed by atoms with van der Waals surface area (Å²) in [5.41, 5.74) is -3.49. The molecule has 3 nitrogen and oxygen atoms in total. The smallest absolute Gasteiger partial charge is 0.411 e. The van der Waals surface area contributed by atoms with E-state index in [9.17, 15) is 26.3 Å². The molecule has 0 aliphatic heterocycles. The third-order valence-corrected chi connectivity index (χ3v) is 6.04. The molecule has 0 aliphatic carbocycles. The van der Waals surface area contributed by atoms with Gasteiger partial charge in [0.2, 0.25) is 17.2 Å². The molecule has 0 saturated carbocycles. The first-order valence-corrected chi connectivity index (χ1v) is 11.1. The summed E-state index contributed by atoms with van der Waals surface area (Å²) in [4.78, 5) is 0. The third kappa shape index (κ3) is 4.57. The Morgan fingerprint density at radius 2 is 1.11 bits per heavy atom. The van der Waals surface area contributed by atoms with Crippen LogP contribution in [-0.2, 0) is 5.41 Å². The minimum atomic E-state index is -5.67. The SMILES string of the molecule is C=C/C(=C\C)C(c1ccc(-c2nnc(-c3ccc(-c4ccccc4)cc3)o2)cc1)(C(F)(F)F)C(F)(F)F. The molecule has 1 heterocycles. The molecule has 0 atom stereocenters. The number of alkyl halides is 6. The van der Waals surface area contributed by atoms with Gasteiger partial charge in [-0.3, -0.25) is 0 Å². The van der Waals surface area contributed by atoms with Gasteiger partial charge in [0.1, 0.15) is 0 Å². The van der Waals surface area contributed by atoms with Crippen molar-refractivity contribution in [1.82, 2.24) is 10.2 Å². The molecule has 0 radical (unpaired) electrons. The summed E-state index contributed by atoms with van der Waals surface area (Å²) in [7, 11) is 0. The largest absolute Gasteiger partial charge is 0.416 e. The van der Waals surface area contributed by atoms with E-state index in [0.717, 1.165) is 48.4 Å². The van der Waals surface area contributed by atoms with E-state index in [1.165, 1.54) is 0 Å². The monoisotopic (exact) mass is 514 g/mol. The van der Waals surface area contributed by atoms with Crippen LogP contribution < -0.4 is 0 Å². The van der Waals surface area contributed by atoms with Crippen LogP contribution >= 0.6 is 0 Å². The molecule has 4 rings (SSSR count). The van der Waals surface area contributed by atoms with Crippen LogP contribution in [0.1, 0.15) is 12.5 Å². The zero-order valence-corrected chi connectivity index (χ0v) is 19.4. The van der Waals surface area contributed by atoms with Crippen LogP contribution in [0.4, 0.5) is 26.3 Å². The minimum absolute atomic E-state index is 0.0479. The summed E-state index contributed by atoms with van der Waals surface area (Å²) in [5, 5.41) is 7.88. The lowest BCUT2D eigenvalue weighted by molar-refractivity contribution is -0.289. The maximum Gasteiger partial charge on any atom is 0.411 e. The minimum Gasteiger partial charge on any atom is -0.416 e. The Kier molecular flexibility index (Phi) is 6.82. The number of hydrogen-bond donors (Lipinski definition) is 0. The van der Waals surface area contributed by atoms with Crippen molar-refractivity contribution >= 4 is 0 Å². The average molecular weight is 514 g/mol. The molecular weight excluding hydrogens is 494 g/mol. The van der Waals surface area contributed by atoms with Crippen LogP contribution in [0.2, 0.25) is 0 Å². The summed E-state index contributed by atoms with van der Waals surface area (Å²) < 4.78 is 90.2. The van der Waals surface area contributed by atoms with Crippen LogP contribution in [0.25, 0.3) is 34.0 Å². The Bertz CT molecular complexity index is 1390. The second kappa shape index (κ2) is 9.72. The van der Waals surface area contributed by atoms with Gasteiger partial charge in [0.25, 0.3) is 0 Å². The van der Waals surface area contributed by atoms with E-state index in [1.807, 2.05) is 42.5 Å². The molecule has 0 amide bonds. The van der Waals surface area contributed by atoms with E-state index in [4.69, 9.17) is 4.42 Å². The van der Waals surface area contributed by atoms with Crippen LogP contribution in [-0.4, -0.2) is 22.5 Å². The maximum absolute atomic E-state index is 14.1. The van der Waals surface area contributed by atoms with Crippen molar-refractivity contribution in [3.8, 4) is 34.0 Å². The molecule has 0 aliphatic rings. The van der Waals surface area contributed by atoms with Crippen LogP contribution in [0.3, 0.4) is 0 Å². The van der Waals surface area contributed by atoms with Crippen molar-refractivity contribution in [2.75, 3.05) is 0 Å². The summed E-state index contributed by atoms with van der Waals surface area (Å²) in [5.74, 6) is 0.106. The molecule has 9 heteroatoms. The first-order valence-electron chi connectivity index (χ1n) is 11.1. The van der Waals surface area contributed by atoms with Crippen molar-refractivity contribution in [3.63, 3.8) is 0 Å². The second-order valence-corrected chi connectivity index (χ2v) is 8.13. The summed E-state index contributed by atoms with van der Waals surface area (Å²) in [6, 6.07) is 20.7. The van der Waals surface area contributed by atoms with Crippen molar-refractivity contribution in [3.05, 3.63) is 109 Å². The topological polar surface area (TPSA) is 38.9 Å². The van der Waals surface area contributed by atoms with E-state index in [1.54, 1.807) is 12.1 Å². The zero-order valence-electron chi connectivity index (χ0n) is 19.4. The fraction of sp³-hybridized carbons (Fsp3) is 0.143. The van der Waals surface area contributed by atoms with Gasteiger partial charge in [-0.25, -0.2) is 0 Å². The predicted molar refractivity (Wildman–Crippen MR) is 128 cm³/mol. The van der Waals surface area contributed by atoms with Gasteiger partial charge in [-0.15, -0.1) is 10.2 Å². The van der Waals surface area contributed by atoms with Gasteiger partial charge in [-0.05, 0) is 53.5 Å². The zero-order chi connectivity index (χ0) is 26.8. The predicted octanol–water partition coefficient (Wildman–Crippen LogP) is 8.57. The summed E-state index contributed by atoms with van der Waals surface area (Å²) >= 11 is 0. The molecule has 0 spiro atoms. The Morgan fingerprint density at radius 1 is 0.676 bits per heavy atom. The molecule has 0 fully saturated rings. The molecule has 0 unspecified atom stereocenters. The maximum atomic E-state index is 14.1. The van der Waals surface area contributed by atoms with E-state index in [-0.39, 0.29) is 17.3 Å². The van der Waals surface area contributed by atoms with E-state index in [2.05, 4.69) is 16.8 Å². The van der Waals surface area contributed by atoms with Gasteiger partial charge < -0.3 is 4.42 Å². The number of benzene rings is 3. The van der Waals surface area contributed by atoms with Crippen LogP contribution in [0.15, 0.2) is 108 Å². The lowest BCUT2D eigenvalue weighted by atomic mass is 9.72. The van der Waals surface area contributed by atoms with Gasteiger partial charge in [0.15, 0.2) is 0 Å². The van der Waals surface area contributed by atoms with E-state index >= 15 is 0 Å². The second-order valence-electron chi connectivity index (χ2n) is 8.13. The molecule has 3 aromatic carbocycles. The van der Waals surface area contributed by atoms with Gasteiger partial charge in [-0.1, -0.05) is 73.3 Å². The highest BCUT2D eigenvalue weighted by molar-refractivity contribution is 5.67. The van der Waals surface area contributed by atoms with Gasteiger partial charge in [0, 0.05) is 11.1 Å². The molecular formula is C28H20F6N2O. The number of halogens is 6. The highest BCUT2D eigenvalue weighted by Crippen LogP contribution is 2.56. The number of hydrogen-bond acceptors (Lipinski definition) is 3. The fourth-order valence-corrected chi connectivity index (χ4v) is 4.22. The normalized spacial score (nSPS) is 13.0.